The molecule has 0 unspecified atom stereocenters. The van der Waals surface area contributed by atoms with Crippen LogP contribution in [0, 0.1) is 0 Å². The van der Waals surface area contributed by atoms with Crippen molar-refractivity contribution in [3.63, 3.8) is 0 Å². The minimum atomic E-state index is -0.606. The van der Waals surface area contributed by atoms with Crippen molar-refractivity contribution in [1.82, 2.24) is 40.8 Å². The summed E-state index contributed by atoms with van der Waals surface area (Å²) < 4.78 is 19.0. The number of hydrogen-bond acceptors (Lipinski definition) is 17. The molecule has 12 aromatic heterocycles. The molecule has 12 heterocycles. The van der Waals surface area contributed by atoms with E-state index in [1.54, 1.807) is 13.8 Å². The van der Waals surface area contributed by atoms with Crippen molar-refractivity contribution in [2.75, 3.05) is 13.2 Å². The Labute approximate surface area is 269 Å². The Morgan fingerprint density at radius 3 is 1.22 bits per heavy atom. The number of esters is 2. The standard InChI is InChI=1S/C28H20N8O5S4/c1-3-39-23(37)19-13-22-20(24(38)40-4-2)14-21(19)44-27-33-29-25(30-34-27)42-17-9-5-15(6-10-17)41-16-7-11-18(12-8-16)43-26-31-35-28(45-22)36-32-26/h5-14H,3-4H2,1-2H3. The Kier molecular flexibility index (Phi) is 9.30. The first-order valence-corrected chi connectivity index (χ1v) is 16.5. The van der Waals surface area contributed by atoms with Crippen LogP contribution >= 0.6 is 45.3 Å². The lowest BCUT2D eigenvalue weighted by atomic mass is 10.1. The quantitative estimate of drug-likeness (QED) is 0.180. The third-order valence-corrected chi connectivity index (χ3v) is 9.18. The maximum Gasteiger partial charge on any atom is 0.339 e. The van der Waals surface area contributed by atoms with Crippen molar-refractivity contribution < 1.29 is 23.5 Å². The zero-order chi connectivity index (χ0) is 31.2. The van der Waals surface area contributed by atoms with E-state index < -0.39 is 11.9 Å². The number of ether oxygens (including phenoxy) is 2. The van der Waals surface area contributed by atoms with Gasteiger partial charge in [-0.1, -0.05) is 45.3 Å². The zero-order valence-electron chi connectivity index (χ0n) is 23.4. The molecule has 0 saturated heterocycles. The van der Waals surface area contributed by atoms with Gasteiger partial charge >= 0.3 is 11.9 Å². The number of carbonyl (C=O) groups is 2. The Morgan fingerprint density at radius 1 is 0.556 bits per heavy atom. The largest absolute Gasteiger partial charge is 0.462 e. The Morgan fingerprint density at radius 2 is 0.889 bits per heavy atom. The SMILES string of the molecule is CCOC(=O)c1cc2sc3nnc(nn3)sc3ccc(cc3)oc3ccc(cc3)sc3nnc(nn3)sc1cc2C(=O)OCC. The molecule has 0 aliphatic carbocycles. The number of hydrogen-bond donors (Lipinski definition) is 0. The number of rotatable bonds is 4. The third kappa shape index (κ3) is 7.46. The summed E-state index contributed by atoms with van der Waals surface area (Å²) in [4.78, 5) is 27.1. The second-order valence-electron chi connectivity index (χ2n) is 8.67. The molecular formula is C28H20N8O5S4. The summed E-state index contributed by atoms with van der Waals surface area (Å²) >= 11 is 4.57. The van der Waals surface area contributed by atoms with Crippen LogP contribution in [0.2, 0.25) is 0 Å². The van der Waals surface area contributed by atoms with E-state index in [4.69, 9.17) is 13.9 Å². The lowest BCUT2D eigenvalue weighted by molar-refractivity contribution is 0.0515. The Balaban J connectivity index is 1.66. The molecule has 0 radical (unpaired) electrons. The first-order valence-electron chi connectivity index (χ1n) is 13.2. The van der Waals surface area contributed by atoms with Crippen LogP contribution in [-0.4, -0.2) is 65.9 Å². The van der Waals surface area contributed by atoms with Crippen LogP contribution in [0.15, 0.2) is 65.1 Å². The second kappa shape index (κ2) is 13.9. The molecule has 0 aliphatic rings. The minimum Gasteiger partial charge on any atom is -0.462 e. The molecule has 17 heteroatoms. The fourth-order valence-corrected chi connectivity index (χ4v) is 6.62. The molecule has 15 aromatic rings. The maximum atomic E-state index is 13.1. The lowest BCUT2D eigenvalue weighted by Gasteiger charge is -2.07. The Bertz CT molecular complexity index is 2050. The molecule has 0 N–H and O–H groups in total. The fraction of sp³-hybridized carbons (Fsp3) is 0.143. The molecule has 0 spiro atoms. The highest BCUT2D eigenvalue weighted by Gasteiger charge is 2.18. The van der Waals surface area contributed by atoms with E-state index in [-0.39, 0.29) is 34.3 Å². The smallest absolute Gasteiger partial charge is 0.339 e. The van der Waals surface area contributed by atoms with E-state index in [1.165, 1.54) is 34.8 Å². The normalized spacial score (nSPS) is 10.8. The van der Waals surface area contributed by atoms with E-state index in [0.717, 1.165) is 32.1 Å². The minimum absolute atomic E-state index is 0.141. The van der Waals surface area contributed by atoms with Gasteiger partial charge in [0.1, 0.15) is 11.2 Å². The van der Waals surface area contributed by atoms with Crippen LogP contribution < -0.4 is 0 Å². The van der Waals surface area contributed by atoms with Crippen LogP contribution in [0.25, 0.3) is 49.8 Å². The van der Waals surface area contributed by atoms with Gasteiger partial charge in [0.05, 0.1) is 24.3 Å². The summed E-state index contributed by atoms with van der Waals surface area (Å²) in [6.45, 7) is 3.68. The van der Waals surface area contributed by atoms with Crippen LogP contribution in [-0.2, 0) is 9.47 Å². The monoisotopic (exact) mass is 676 g/mol. The van der Waals surface area contributed by atoms with Gasteiger partial charge in [-0.05, 0) is 74.5 Å². The molecule has 226 valence electrons. The first-order chi connectivity index (χ1) is 22.0. The molecule has 0 atom stereocenters. The van der Waals surface area contributed by atoms with Crippen LogP contribution in [0.5, 0.6) is 0 Å². The number of benzene rings is 3. The molecule has 13 nitrogen and oxygen atoms in total. The van der Waals surface area contributed by atoms with Crippen molar-refractivity contribution in [3.8, 4) is 0 Å². The van der Waals surface area contributed by atoms with Gasteiger partial charge in [0.25, 0.3) is 19.8 Å². The highest BCUT2D eigenvalue weighted by atomic mass is 32.1. The van der Waals surface area contributed by atoms with Gasteiger partial charge in [0.15, 0.2) is 0 Å². The highest BCUT2D eigenvalue weighted by Crippen LogP contribution is 2.27. The molecule has 10 bridgehead atoms. The van der Waals surface area contributed by atoms with Crippen molar-refractivity contribution in [1.29, 1.82) is 0 Å². The molecule has 0 aliphatic heterocycles. The van der Waals surface area contributed by atoms with Crippen molar-refractivity contribution >= 4 is 107 Å². The van der Waals surface area contributed by atoms with Gasteiger partial charge < -0.3 is 13.9 Å². The van der Waals surface area contributed by atoms with Gasteiger partial charge in [-0.2, -0.15) is 0 Å². The van der Waals surface area contributed by atoms with E-state index in [9.17, 15) is 9.59 Å². The molecule has 0 saturated carbocycles. The van der Waals surface area contributed by atoms with E-state index in [2.05, 4.69) is 40.8 Å². The first kappa shape index (κ1) is 30.2. The summed E-state index contributed by atoms with van der Waals surface area (Å²) in [7, 11) is 0. The van der Waals surface area contributed by atoms with E-state index in [1.807, 2.05) is 48.5 Å². The van der Waals surface area contributed by atoms with Crippen molar-refractivity contribution in [2.45, 2.75) is 13.8 Å². The second-order valence-corrected chi connectivity index (χ2v) is 12.8. The summed E-state index contributed by atoms with van der Waals surface area (Å²) in [5.74, 6) is -1.21. The van der Waals surface area contributed by atoms with Crippen LogP contribution in [0.3, 0.4) is 0 Å². The fourth-order valence-electron chi connectivity index (χ4n) is 3.75. The van der Waals surface area contributed by atoms with E-state index in [0.29, 0.717) is 30.5 Å². The molecular weight excluding hydrogens is 657 g/mol. The van der Waals surface area contributed by atoms with Crippen LogP contribution in [0.4, 0.5) is 0 Å². The van der Waals surface area contributed by atoms with Crippen molar-refractivity contribution in [2.24, 2.45) is 0 Å². The summed E-state index contributed by atoms with van der Waals surface area (Å²) in [6, 6.07) is 17.9. The molecule has 0 fully saturated rings. The number of carbonyl (C=O) groups excluding carboxylic acids is 2. The molecule has 3 aromatic carbocycles. The molecule has 45 heavy (non-hydrogen) atoms. The van der Waals surface area contributed by atoms with Gasteiger partial charge in [-0.15, -0.1) is 40.8 Å². The van der Waals surface area contributed by atoms with Gasteiger partial charge in [0, 0.05) is 18.8 Å². The number of aromatic nitrogens is 8. The third-order valence-electron chi connectivity index (χ3n) is 5.66. The molecule has 15 rings (SSSR count). The maximum absolute atomic E-state index is 13.1. The number of nitrogens with zero attached hydrogens (tertiary/aromatic N) is 8. The summed E-state index contributed by atoms with van der Waals surface area (Å²) in [6.07, 6.45) is 0. The summed E-state index contributed by atoms with van der Waals surface area (Å²) in [5, 5.41) is 33.5. The van der Waals surface area contributed by atoms with Crippen molar-refractivity contribution in [3.05, 3.63) is 71.8 Å². The lowest BCUT2D eigenvalue weighted by Crippen LogP contribution is -2.08. The van der Waals surface area contributed by atoms with Gasteiger partial charge in [0.2, 0.25) is 0 Å². The van der Waals surface area contributed by atoms with Gasteiger partial charge in [-0.25, -0.2) is 9.59 Å². The van der Waals surface area contributed by atoms with E-state index >= 15 is 0 Å². The highest BCUT2D eigenvalue weighted by molar-refractivity contribution is 7.24. The predicted octanol–water partition coefficient (Wildman–Crippen LogP) is 6.74. The predicted molar refractivity (Wildman–Crippen MR) is 174 cm³/mol. The topological polar surface area (TPSA) is 169 Å². The average Bonchev–Trinajstić information content (AvgIpc) is 3.05. The molecule has 0 amide bonds. The Hall–Kier alpha value is -4.84. The zero-order valence-corrected chi connectivity index (χ0v) is 26.7. The van der Waals surface area contributed by atoms with Gasteiger partial charge in [-0.3, -0.25) is 0 Å². The van der Waals surface area contributed by atoms with Crippen LogP contribution in [0.1, 0.15) is 34.6 Å². The average molecular weight is 677 g/mol. The summed E-state index contributed by atoms with van der Waals surface area (Å²) in [5.41, 5.74) is 1.65.